The molecule has 4 nitrogen and oxygen atoms in total. The Morgan fingerprint density at radius 3 is 2.80 bits per heavy atom. The molecule has 1 saturated heterocycles. The first kappa shape index (κ1) is 15.0. The summed E-state index contributed by atoms with van der Waals surface area (Å²) in [6.45, 7) is 2.97. The van der Waals surface area contributed by atoms with Crippen molar-refractivity contribution in [3.05, 3.63) is 34.3 Å². The normalized spacial score (nSPS) is 22.6. The van der Waals surface area contributed by atoms with E-state index in [2.05, 4.69) is 15.9 Å². The minimum absolute atomic E-state index is 0.000833. The number of nitrogens with zero attached hydrogens (tertiary/aromatic N) is 1. The molecule has 2 rings (SSSR count). The van der Waals surface area contributed by atoms with E-state index in [4.69, 9.17) is 5.11 Å². The maximum absolute atomic E-state index is 12.3. The summed E-state index contributed by atoms with van der Waals surface area (Å²) >= 11 is 3.38. The van der Waals surface area contributed by atoms with Gasteiger partial charge in [0.2, 0.25) is 5.91 Å². The van der Waals surface area contributed by atoms with E-state index in [1.165, 1.54) is 0 Å². The molecular formula is C15H18BrNO3. The Morgan fingerprint density at radius 2 is 2.15 bits per heavy atom. The zero-order valence-electron chi connectivity index (χ0n) is 11.4. The standard InChI is InChI=1S/C15H18BrNO3/c1-10-5-12(15(19)20)9-17(8-10)14(18)7-11-3-2-4-13(16)6-11/h2-4,6,10,12H,5,7-9H2,1H3,(H,19,20). The summed E-state index contributed by atoms with van der Waals surface area (Å²) in [5.74, 6) is -1.01. The van der Waals surface area contributed by atoms with E-state index < -0.39 is 11.9 Å². The van der Waals surface area contributed by atoms with Crippen LogP contribution in [0.2, 0.25) is 0 Å². The molecule has 1 aromatic carbocycles. The maximum atomic E-state index is 12.3. The van der Waals surface area contributed by atoms with Gasteiger partial charge in [0, 0.05) is 17.6 Å². The van der Waals surface area contributed by atoms with Crippen LogP contribution >= 0.6 is 15.9 Å². The molecule has 0 spiro atoms. The van der Waals surface area contributed by atoms with Gasteiger partial charge in [-0.2, -0.15) is 0 Å². The third kappa shape index (κ3) is 3.82. The van der Waals surface area contributed by atoms with E-state index in [1.807, 2.05) is 31.2 Å². The molecule has 0 aliphatic carbocycles. The molecule has 1 aliphatic heterocycles. The number of piperidine rings is 1. The van der Waals surface area contributed by atoms with Crippen LogP contribution in [0.3, 0.4) is 0 Å². The fraction of sp³-hybridized carbons (Fsp3) is 0.467. The van der Waals surface area contributed by atoms with Gasteiger partial charge in [0.25, 0.3) is 0 Å². The third-order valence-corrected chi connectivity index (χ3v) is 4.10. The monoisotopic (exact) mass is 339 g/mol. The SMILES string of the molecule is CC1CC(C(=O)O)CN(C(=O)Cc2cccc(Br)c2)C1. The number of hydrogen-bond donors (Lipinski definition) is 1. The van der Waals surface area contributed by atoms with Gasteiger partial charge in [0.1, 0.15) is 0 Å². The lowest BCUT2D eigenvalue weighted by Crippen LogP contribution is -2.46. The van der Waals surface area contributed by atoms with E-state index in [0.717, 1.165) is 10.0 Å². The van der Waals surface area contributed by atoms with Gasteiger partial charge in [0.05, 0.1) is 12.3 Å². The second-order valence-corrected chi connectivity index (χ2v) is 6.40. The smallest absolute Gasteiger partial charge is 0.308 e. The summed E-state index contributed by atoms with van der Waals surface area (Å²) in [5.41, 5.74) is 0.939. The van der Waals surface area contributed by atoms with Gasteiger partial charge in [-0.1, -0.05) is 35.0 Å². The number of carboxylic acids is 1. The Balaban J connectivity index is 2.03. The first-order valence-electron chi connectivity index (χ1n) is 6.70. The fourth-order valence-electron chi connectivity index (χ4n) is 2.67. The Kier molecular flexibility index (Phi) is 4.81. The highest BCUT2D eigenvalue weighted by atomic mass is 79.9. The molecule has 0 saturated carbocycles. The van der Waals surface area contributed by atoms with Gasteiger partial charge >= 0.3 is 5.97 Å². The largest absolute Gasteiger partial charge is 0.481 e. The lowest BCUT2D eigenvalue weighted by molar-refractivity contribution is -0.146. The van der Waals surface area contributed by atoms with Crippen LogP contribution in [0.15, 0.2) is 28.7 Å². The van der Waals surface area contributed by atoms with E-state index in [-0.39, 0.29) is 11.8 Å². The van der Waals surface area contributed by atoms with Crippen molar-refractivity contribution < 1.29 is 14.7 Å². The van der Waals surface area contributed by atoms with E-state index in [9.17, 15) is 9.59 Å². The number of aliphatic carboxylic acids is 1. The van der Waals surface area contributed by atoms with Gasteiger partial charge in [-0.15, -0.1) is 0 Å². The molecule has 1 fully saturated rings. The van der Waals surface area contributed by atoms with Crippen LogP contribution < -0.4 is 0 Å². The molecule has 2 unspecified atom stereocenters. The van der Waals surface area contributed by atoms with Gasteiger partial charge in [-0.05, 0) is 30.0 Å². The summed E-state index contributed by atoms with van der Waals surface area (Å²) in [7, 11) is 0. The number of hydrogen-bond acceptors (Lipinski definition) is 2. The zero-order chi connectivity index (χ0) is 14.7. The van der Waals surface area contributed by atoms with Crippen molar-refractivity contribution in [3.8, 4) is 0 Å². The Morgan fingerprint density at radius 1 is 1.40 bits per heavy atom. The third-order valence-electron chi connectivity index (χ3n) is 3.61. The van der Waals surface area contributed by atoms with Crippen LogP contribution in [0.4, 0.5) is 0 Å². The van der Waals surface area contributed by atoms with Crippen LogP contribution in [-0.4, -0.2) is 35.0 Å². The summed E-state index contributed by atoms with van der Waals surface area (Å²) in [6.07, 6.45) is 0.967. The van der Waals surface area contributed by atoms with Crippen LogP contribution in [0.5, 0.6) is 0 Å². The number of benzene rings is 1. The Bertz CT molecular complexity index is 518. The van der Waals surface area contributed by atoms with Crippen LogP contribution in [0.25, 0.3) is 0 Å². The van der Waals surface area contributed by atoms with Crippen LogP contribution in [0, 0.1) is 11.8 Å². The first-order valence-corrected chi connectivity index (χ1v) is 7.50. The van der Waals surface area contributed by atoms with Gasteiger partial charge < -0.3 is 10.0 Å². The lowest BCUT2D eigenvalue weighted by atomic mass is 9.90. The summed E-state index contributed by atoms with van der Waals surface area (Å²) in [6, 6.07) is 7.63. The number of rotatable bonds is 3. The summed E-state index contributed by atoms with van der Waals surface area (Å²) < 4.78 is 0.943. The van der Waals surface area contributed by atoms with Crippen molar-refractivity contribution in [2.24, 2.45) is 11.8 Å². The number of carboxylic acid groups (broad SMARTS) is 1. The van der Waals surface area contributed by atoms with Crippen molar-refractivity contribution in [1.82, 2.24) is 4.90 Å². The molecule has 1 heterocycles. The minimum atomic E-state index is -0.809. The predicted molar refractivity (Wildman–Crippen MR) is 79.3 cm³/mol. The second kappa shape index (κ2) is 6.39. The summed E-state index contributed by atoms with van der Waals surface area (Å²) in [5, 5.41) is 9.14. The fourth-order valence-corrected chi connectivity index (χ4v) is 3.11. The molecule has 2 atom stereocenters. The Hall–Kier alpha value is -1.36. The van der Waals surface area contributed by atoms with Gasteiger partial charge in [0.15, 0.2) is 0 Å². The molecule has 1 aromatic rings. The van der Waals surface area contributed by atoms with Crippen molar-refractivity contribution in [2.75, 3.05) is 13.1 Å². The highest BCUT2D eigenvalue weighted by molar-refractivity contribution is 9.10. The topological polar surface area (TPSA) is 57.6 Å². The number of carbonyl (C=O) groups excluding carboxylic acids is 1. The second-order valence-electron chi connectivity index (χ2n) is 5.48. The van der Waals surface area contributed by atoms with E-state index >= 15 is 0 Å². The predicted octanol–water partition coefficient (Wildman–Crippen LogP) is 2.56. The highest BCUT2D eigenvalue weighted by Gasteiger charge is 2.31. The molecule has 108 valence electrons. The molecule has 1 amide bonds. The van der Waals surface area contributed by atoms with Gasteiger partial charge in [-0.3, -0.25) is 9.59 Å². The molecule has 0 radical (unpaired) electrons. The average Bonchev–Trinajstić information content (AvgIpc) is 2.37. The minimum Gasteiger partial charge on any atom is -0.481 e. The maximum Gasteiger partial charge on any atom is 0.308 e. The molecule has 0 aromatic heterocycles. The molecule has 1 aliphatic rings. The molecule has 1 N–H and O–H groups in total. The molecule has 20 heavy (non-hydrogen) atoms. The molecule has 0 bridgehead atoms. The quantitative estimate of drug-likeness (QED) is 0.920. The molecular weight excluding hydrogens is 322 g/mol. The van der Waals surface area contributed by atoms with E-state index in [1.54, 1.807) is 4.90 Å². The van der Waals surface area contributed by atoms with Crippen molar-refractivity contribution >= 4 is 27.8 Å². The van der Waals surface area contributed by atoms with Crippen molar-refractivity contribution in [1.29, 1.82) is 0 Å². The van der Waals surface area contributed by atoms with E-state index in [0.29, 0.717) is 25.9 Å². The molecule has 5 heteroatoms. The average molecular weight is 340 g/mol. The number of carbonyl (C=O) groups is 2. The highest BCUT2D eigenvalue weighted by Crippen LogP contribution is 2.22. The first-order chi connectivity index (χ1) is 9.45. The zero-order valence-corrected chi connectivity index (χ0v) is 13.0. The van der Waals surface area contributed by atoms with Crippen molar-refractivity contribution in [3.63, 3.8) is 0 Å². The number of amides is 1. The number of likely N-dealkylation sites (tertiary alicyclic amines) is 1. The summed E-state index contributed by atoms with van der Waals surface area (Å²) in [4.78, 5) is 25.1. The Labute approximate surface area is 126 Å². The number of halogens is 1. The van der Waals surface area contributed by atoms with Crippen molar-refractivity contribution in [2.45, 2.75) is 19.8 Å². The van der Waals surface area contributed by atoms with Crippen LogP contribution in [0.1, 0.15) is 18.9 Å². The van der Waals surface area contributed by atoms with Gasteiger partial charge in [-0.25, -0.2) is 0 Å². The van der Waals surface area contributed by atoms with Crippen LogP contribution in [-0.2, 0) is 16.0 Å². The lowest BCUT2D eigenvalue weighted by Gasteiger charge is -2.34.